The van der Waals surface area contributed by atoms with E-state index >= 15 is 0 Å². The lowest BCUT2D eigenvalue weighted by Gasteiger charge is -2.25. The van der Waals surface area contributed by atoms with Gasteiger partial charge in [-0.1, -0.05) is 62.4 Å². The number of carbonyl (C=O) groups is 1. The smallest absolute Gasteiger partial charge is 0.305 e. The Labute approximate surface area is 216 Å². The zero-order valence-electron chi connectivity index (χ0n) is 21.0. The molecule has 1 aliphatic rings. The molecular formula is C29H34ClNO5. The summed E-state index contributed by atoms with van der Waals surface area (Å²) in [6.45, 7) is 3.26. The number of hydrogen-bond donors (Lipinski definition) is 1. The molecule has 1 N–H and O–H groups in total. The van der Waals surface area contributed by atoms with Gasteiger partial charge >= 0.3 is 5.97 Å². The number of unbranched alkanes of at least 4 members (excludes halogenated alkanes) is 4. The number of likely N-dealkylation sites (N-methyl/N-ethyl adjacent to an activating group) is 1. The second-order valence-corrected chi connectivity index (χ2v) is 10.0. The van der Waals surface area contributed by atoms with Gasteiger partial charge in [-0.25, -0.2) is 0 Å². The Bertz CT molecular complexity index is 1270. The first-order chi connectivity index (χ1) is 17.4. The summed E-state index contributed by atoms with van der Waals surface area (Å²) in [7, 11) is 2.01. The van der Waals surface area contributed by atoms with E-state index in [0.29, 0.717) is 28.4 Å². The van der Waals surface area contributed by atoms with Crippen LogP contribution in [-0.4, -0.2) is 42.2 Å². The number of halogens is 1. The number of phenolic OH excluding ortho intramolecular Hbond substituents is 1. The molecule has 2 unspecified atom stereocenters. The standard InChI is InChI=1S/C29H34ClNO5/c1-3-4-5-6-7-12-27(34)35-18-23-19(15-16-31(23)2)20-13-14-24(32)28-25(33)17-26(36-29(20)28)21-10-8-9-11-22(21)30/h8-11,13-14,17,19,23,32H,3-7,12,15-16,18H2,1-2H3. The minimum absolute atomic E-state index is 0.0277. The van der Waals surface area contributed by atoms with Crippen LogP contribution in [0, 0.1) is 0 Å². The van der Waals surface area contributed by atoms with Gasteiger partial charge in [0.15, 0.2) is 5.43 Å². The third-order valence-corrected chi connectivity index (χ3v) is 7.48. The first-order valence-corrected chi connectivity index (χ1v) is 13.2. The topological polar surface area (TPSA) is 80.0 Å². The molecule has 1 aromatic heterocycles. The normalized spacial score (nSPS) is 18.1. The molecule has 2 heterocycles. The number of hydrogen-bond acceptors (Lipinski definition) is 6. The van der Waals surface area contributed by atoms with Crippen molar-refractivity contribution in [3.05, 3.63) is 63.3 Å². The Morgan fingerprint density at radius 3 is 2.72 bits per heavy atom. The number of ether oxygens (including phenoxy) is 1. The summed E-state index contributed by atoms with van der Waals surface area (Å²) in [5, 5.41) is 11.1. The van der Waals surface area contributed by atoms with Crippen LogP contribution in [0.3, 0.4) is 0 Å². The van der Waals surface area contributed by atoms with Crippen LogP contribution in [0.2, 0.25) is 5.02 Å². The summed E-state index contributed by atoms with van der Waals surface area (Å²) in [6, 6.07) is 11.8. The van der Waals surface area contributed by atoms with Gasteiger partial charge in [0, 0.05) is 29.5 Å². The van der Waals surface area contributed by atoms with E-state index in [9.17, 15) is 14.7 Å². The van der Waals surface area contributed by atoms with Gasteiger partial charge in [0.25, 0.3) is 0 Å². The maximum Gasteiger partial charge on any atom is 0.305 e. The number of fused-ring (bicyclic) bond motifs is 1. The van der Waals surface area contributed by atoms with E-state index in [2.05, 4.69) is 11.8 Å². The summed E-state index contributed by atoms with van der Waals surface area (Å²) in [4.78, 5) is 27.6. The number of rotatable bonds is 10. The van der Waals surface area contributed by atoms with Crippen molar-refractivity contribution in [2.75, 3.05) is 20.2 Å². The van der Waals surface area contributed by atoms with Gasteiger partial charge in [0.05, 0.1) is 11.1 Å². The predicted molar refractivity (Wildman–Crippen MR) is 143 cm³/mol. The van der Waals surface area contributed by atoms with Crippen LogP contribution in [0.1, 0.15) is 63.4 Å². The number of likely N-dealkylation sites (tertiary alicyclic amines) is 1. The summed E-state index contributed by atoms with van der Waals surface area (Å²) < 4.78 is 11.9. The highest BCUT2D eigenvalue weighted by Crippen LogP contribution is 2.40. The van der Waals surface area contributed by atoms with E-state index in [1.807, 2.05) is 25.2 Å². The molecule has 192 valence electrons. The Kier molecular flexibility index (Phi) is 8.70. The molecule has 1 saturated heterocycles. The number of phenols is 1. The molecule has 4 rings (SSSR count). The third kappa shape index (κ3) is 5.76. The monoisotopic (exact) mass is 511 g/mol. The molecule has 0 bridgehead atoms. The van der Waals surface area contributed by atoms with Crippen molar-refractivity contribution in [3.8, 4) is 17.1 Å². The van der Waals surface area contributed by atoms with E-state index in [4.69, 9.17) is 20.8 Å². The van der Waals surface area contributed by atoms with Crippen LogP contribution in [-0.2, 0) is 9.53 Å². The Morgan fingerprint density at radius 1 is 1.17 bits per heavy atom. The average molecular weight is 512 g/mol. The van der Waals surface area contributed by atoms with Crippen molar-refractivity contribution in [1.82, 2.24) is 4.90 Å². The summed E-state index contributed by atoms with van der Waals surface area (Å²) in [6.07, 6.45) is 6.65. The molecule has 0 spiro atoms. The first-order valence-electron chi connectivity index (χ1n) is 12.8. The van der Waals surface area contributed by atoms with Crippen molar-refractivity contribution >= 4 is 28.5 Å². The van der Waals surface area contributed by atoms with Gasteiger partial charge in [-0.05, 0) is 44.6 Å². The highest BCUT2D eigenvalue weighted by molar-refractivity contribution is 6.33. The van der Waals surface area contributed by atoms with Crippen molar-refractivity contribution in [3.63, 3.8) is 0 Å². The Hall–Kier alpha value is -2.83. The van der Waals surface area contributed by atoms with Gasteiger partial charge in [-0.3, -0.25) is 14.5 Å². The summed E-state index contributed by atoms with van der Waals surface area (Å²) >= 11 is 6.37. The number of aromatic hydroxyl groups is 1. The van der Waals surface area contributed by atoms with Crippen LogP contribution in [0.5, 0.6) is 5.75 Å². The third-order valence-electron chi connectivity index (χ3n) is 7.15. The largest absolute Gasteiger partial charge is 0.507 e. The van der Waals surface area contributed by atoms with Crippen molar-refractivity contribution in [2.24, 2.45) is 0 Å². The minimum atomic E-state index is -0.331. The molecule has 0 radical (unpaired) electrons. The quantitative estimate of drug-likeness (QED) is 0.247. The van der Waals surface area contributed by atoms with Gasteiger partial charge < -0.3 is 14.3 Å². The van der Waals surface area contributed by atoms with Gasteiger partial charge in [0.1, 0.15) is 29.1 Å². The van der Waals surface area contributed by atoms with E-state index < -0.39 is 0 Å². The SMILES string of the molecule is CCCCCCCC(=O)OCC1C(c2ccc(O)c3c(=O)cc(-c4ccccc4Cl)oc23)CCN1C. The first kappa shape index (κ1) is 26.2. The van der Waals surface area contributed by atoms with Gasteiger partial charge in [0.2, 0.25) is 0 Å². The van der Waals surface area contributed by atoms with Crippen molar-refractivity contribution < 1.29 is 19.1 Å². The second-order valence-electron chi connectivity index (χ2n) is 9.62. The fourth-order valence-electron chi connectivity index (χ4n) is 5.09. The van der Waals surface area contributed by atoms with E-state index in [-0.39, 0.29) is 41.1 Å². The molecule has 0 aliphatic carbocycles. The molecule has 2 atom stereocenters. The molecule has 36 heavy (non-hydrogen) atoms. The maximum atomic E-state index is 13.1. The number of benzene rings is 2. The fraction of sp³-hybridized carbons (Fsp3) is 0.448. The molecule has 3 aromatic rings. The maximum absolute atomic E-state index is 13.1. The van der Waals surface area contributed by atoms with E-state index in [1.165, 1.54) is 18.9 Å². The van der Waals surface area contributed by atoms with E-state index in [0.717, 1.165) is 37.8 Å². The van der Waals surface area contributed by atoms with Crippen LogP contribution in [0.25, 0.3) is 22.3 Å². The van der Waals surface area contributed by atoms with Crippen LogP contribution >= 0.6 is 11.6 Å². The molecule has 6 nitrogen and oxygen atoms in total. The highest BCUT2D eigenvalue weighted by Gasteiger charge is 2.36. The molecule has 2 aromatic carbocycles. The van der Waals surface area contributed by atoms with Crippen LogP contribution < -0.4 is 5.43 Å². The molecule has 0 amide bonds. The zero-order chi connectivity index (χ0) is 25.7. The molecule has 0 saturated carbocycles. The summed E-state index contributed by atoms with van der Waals surface area (Å²) in [5.41, 5.74) is 1.45. The van der Waals surface area contributed by atoms with Crippen molar-refractivity contribution in [2.45, 2.75) is 63.8 Å². The summed E-state index contributed by atoms with van der Waals surface area (Å²) in [5.74, 6) is 0.0294. The predicted octanol–water partition coefficient (Wildman–Crippen LogP) is 6.51. The molecule has 7 heteroatoms. The highest BCUT2D eigenvalue weighted by atomic mass is 35.5. The average Bonchev–Trinajstić information content (AvgIpc) is 3.22. The van der Waals surface area contributed by atoms with E-state index in [1.54, 1.807) is 18.2 Å². The molecular weight excluding hydrogens is 478 g/mol. The number of esters is 1. The zero-order valence-corrected chi connectivity index (χ0v) is 21.7. The lowest BCUT2D eigenvalue weighted by Crippen LogP contribution is -2.34. The molecule has 1 fully saturated rings. The van der Waals surface area contributed by atoms with Gasteiger partial charge in [-0.15, -0.1) is 0 Å². The lowest BCUT2D eigenvalue weighted by molar-refractivity contribution is -0.145. The van der Waals surface area contributed by atoms with Gasteiger partial charge in [-0.2, -0.15) is 0 Å². The molecule has 1 aliphatic heterocycles. The lowest BCUT2D eigenvalue weighted by atomic mass is 9.90. The Balaban J connectivity index is 1.60. The second kappa shape index (κ2) is 11.9. The number of carbonyl (C=O) groups excluding carboxylic acids is 1. The minimum Gasteiger partial charge on any atom is -0.507 e. The van der Waals surface area contributed by atoms with Crippen molar-refractivity contribution in [1.29, 1.82) is 0 Å². The van der Waals surface area contributed by atoms with Crippen LogP contribution in [0.15, 0.2) is 51.7 Å². The number of nitrogens with zero attached hydrogens (tertiary/aromatic N) is 1. The van der Waals surface area contributed by atoms with Crippen LogP contribution in [0.4, 0.5) is 0 Å². The fourth-order valence-corrected chi connectivity index (χ4v) is 5.32. The Morgan fingerprint density at radius 2 is 1.94 bits per heavy atom.